The second-order valence-corrected chi connectivity index (χ2v) is 16.2. The Hall–Kier alpha value is -6.58. The number of aromatic nitrogens is 3. The fourth-order valence-corrected chi connectivity index (χ4v) is 8.34. The Morgan fingerprint density at radius 2 is 1.62 bits per heavy atom. The average Bonchev–Trinajstić information content (AvgIpc) is 3.58. The number of carboxylic acids is 1. The number of carboxylic acid groups (broad SMARTS) is 1. The molecule has 2 heterocycles. The van der Waals surface area contributed by atoms with E-state index < -0.39 is 16.1 Å². The van der Waals surface area contributed by atoms with E-state index in [-0.39, 0.29) is 47.0 Å². The molecule has 0 spiro atoms. The van der Waals surface area contributed by atoms with Crippen LogP contribution in [0.1, 0.15) is 92.4 Å². The maximum Gasteiger partial charge on any atom is 0.303 e. The number of aromatic amines is 1. The second kappa shape index (κ2) is 19.0. The van der Waals surface area contributed by atoms with Gasteiger partial charge in [-0.2, -0.15) is 13.5 Å². The van der Waals surface area contributed by atoms with E-state index in [1.54, 1.807) is 12.1 Å². The van der Waals surface area contributed by atoms with Crippen molar-refractivity contribution in [3.63, 3.8) is 0 Å². The van der Waals surface area contributed by atoms with Crippen molar-refractivity contribution in [1.82, 2.24) is 25.2 Å². The molecule has 0 radical (unpaired) electrons. The summed E-state index contributed by atoms with van der Waals surface area (Å²) in [4.78, 5) is 52.6. The first kappa shape index (κ1) is 41.6. The summed E-state index contributed by atoms with van der Waals surface area (Å²) in [7, 11) is -4.39. The second-order valence-electron chi connectivity index (χ2n) is 14.8. The maximum atomic E-state index is 14.3. The first-order chi connectivity index (χ1) is 29.0. The Kier molecular flexibility index (Phi) is 13.2. The summed E-state index contributed by atoms with van der Waals surface area (Å²) in [6.45, 7) is 1.19. The molecular formula is C45H45N7O7S. The Morgan fingerprint density at radius 3 is 2.42 bits per heavy atom. The minimum Gasteiger partial charge on any atom is -0.481 e. The molecule has 1 atom stereocenters. The smallest absolute Gasteiger partial charge is 0.303 e. The van der Waals surface area contributed by atoms with E-state index >= 15 is 0 Å². The molecule has 308 valence electrons. The summed E-state index contributed by atoms with van der Waals surface area (Å²) in [5.74, 6) is -0.427. The van der Waals surface area contributed by atoms with E-state index in [1.165, 1.54) is 30.5 Å². The molecule has 0 fully saturated rings. The number of benzene rings is 4. The van der Waals surface area contributed by atoms with Gasteiger partial charge >= 0.3 is 5.97 Å². The van der Waals surface area contributed by atoms with Gasteiger partial charge in [0.05, 0.1) is 41.0 Å². The standard InChI is InChI=1S/C45H45N7O7S/c53-43(54)26-36-23-30-17-18-32(25-35(30)24-31-11-3-5-13-37(31)36)45(56)52(29-42-49-38-14-6-7-15-39(38)50-42)22-10-2-1-9-21-46-44(55)34-19-20-41(47-27-34)51-48-28-33-12-4-8-16-40(33)60(57,58)59/h3-8,11-20,25,27,36H,1-2,9-10,21-24,26,28-29H2,(H,46,55)(H,49,50)(H,53,54)(H,57,58,59)/t36-/m0/s1. The highest BCUT2D eigenvalue weighted by molar-refractivity contribution is 7.85. The Balaban J connectivity index is 0.926. The van der Waals surface area contributed by atoms with Crippen molar-refractivity contribution in [2.24, 2.45) is 10.2 Å². The van der Waals surface area contributed by atoms with Gasteiger partial charge in [-0.3, -0.25) is 18.9 Å². The van der Waals surface area contributed by atoms with Crippen LogP contribution in [0.4, 0.5) is 5.82 Å². The quantitative estimate of drug-likeness (QED) is 0.0401. The third kappa shape index (κ3) is 10.5. The van der Waals surface area contributed by atoms with Gasteiger partial charge in [0.25, 0.3) is 21.9 Å². The SMILES string of the molecule is O=C(O)C[C@@H]1Cc2ccc(C(=O)N(CCCCCCNC(=O)c3ccc(N=NCc4ccccc4S(=O)(=O)O)nc3)Cc3nc4ccccc4[nH]3)cc2Cc2ccccc21. The number of imidazole rings is 1. The number of hydrogen-bond acceptors (Lipinski definition) is 9. The number of amides is 2. The molecular weight excluding hydrogens is 783 g/mol. The Bertz CT molecular complexity index is 2610. The van der Waals surface area contributed by atoms with Gasteiger partial charge in [0.1, 0.15) is 5.82 Å². The van der Waals surface area contributed by atoms with Crippen LogP contribution in [0.3, 0.4) is 0 Å². The van der Waals surface area contributed by atoms with Crippen LogP contribution < -0.4 is 5.32 Å². The molecule has 1 aliphatic carbocycles. The number of azo groups is 1. The van der Waals surface area contributed by atoms with Crippen LogP contribution in [0.15, 0.2) is 124 Å². The summed E-state index contributed by atoms with van der Waals surface area (Å²) >= 11 is 0. The Labute approximate surface area is 347 Å². The number of para-hydroxylation sites is 2. The van der Waals surface area contributed by atoms with E-state index in [0.717, 1.165) is 59.0 Å². The minimum absolute atomic E-state index is 0.0413. The van der Waals surface area contributed by atoms with E-state index in [0.29, 0.717) is 49.4 Å². The Morgan fingerprint density at radius 1 is 0.850 bits per heavy atom. The van der Waals surface area contributed by atoms with Gasteiger partial charge in [0, 0.05) is 24.8 Å². The highest BCUT2D eigenvalue weighted by Crippen LogP contribution is 2.35. The first-order valence-electron chi connectivity index (χ1n) is 19.8. The molecule has 15 heteroatoms. The van der Waals surface area contributed by atoms with Gasteiger partial charge in [0.2, 0.25) is 0 Å². The number of carbonyl (C=O) groups is 3. The molecule has 0 aliphatic heterocycles. The number of pyridine rings is 1. The third-order valence-electron chi connectivity index (χ3n) is 10.6. The molecule has 4 N–H and O–H groups in total. The van der Waals surface area contributed by atoms with Crippen molar-refractivity contribution >= 4 is 44.8 Å². The highest BCUT2D eigenvalue weighted by atomic mass is 32.2. The topological polar surface area (TPSA) is 207 Å². The predicted molar refractivity (Wildman–Crippen MR) is 225 cm³/mol. The van der Waals surface area contributed by atoms with Crippen LogP contribution in [-0.2, 0) is 40.8 Å². The number of rotatable bonds is 17. The van der Waals surface area contributed by atoms with Crippen molar-refractivity contribution in [3.05, 3.63) is 154 Å². The summed E-state index contributed by atoms with van der Waals surface area (Å²) in [5.41, 5.74) is 7.16. The van der Waals surface area contributed by atoms with E-state index in [9.17, 15) is 32.5 Å². The molecule has 2 aromatic heterocycles. The van der Waals surface area contributed by atoms with Gasteiger partial charge in [-0.1, -0.05) is 73.5 Å². The van der Waals surface area contributed by atoms with Crippen molar-refractivity contribution < 1.29 is 32.5 Å². The summed E-state index contributed by atoms with van der Waals surface area (Å²) in [6, 6.07) is 30.6. The van der Waals surface area contributed by atoms with Gasteiger partial charge in [-0.15, -0.1) is 5.11 Å². The molecule has 1 aliphatic rings. The van der Waals surface area contributed by atoms with Crippen molar-refractivity contribution in [2.75, 3.05) is 13.1 Å². The van der Waals surface area contributed by atoms with Crippen LogP contribution in [0.25, 0.3) is 11.0 Å². The van der Waals surface area contributed by atoms with Gasteiger partial charge in [-0.25, -0.2) is 9.97 Å². The lowest BCUT2D eigenvalue weighted by Gasteiger charge is -2.23. The number of hydrogen-bond donors (Lipinski definition) is 4. The zero-order chi connectivity index (χ0) is 42.1. The van der Waals surface area contributed by atoms with Crippen LogP contribution in [0, 0.1) is 0 Å². The number of nitrogens with zero attached hydrogens (tertiary/aromatic N) is 5. The molecule has 0 saturated carbocycles. The summed E-state index contributed by atoms with van der Waals surface area (Å²) in [6.07, 6.45) is 5.80. The van der Waals surface area contributed by atoms with Crippen molar-refractivity contribution in [3.8, 4) is 0 Å². The average molecular weight is 828 g/mol. The minimum atomic E-state index is -4.39. The first-order valence-corrected chi connectivity index (χ1v) is 21.3. The van der Waals surface area contributed by atoms with Gasteiger partial charge in [-0.05, 0) is 102 Å². The third-order valence-corrected chi connectivity index (χ3v) is 11.6. The number of H-pyrrole nitrogens is 1. The van der Waals surface area contributed by atoms with Crippen molar-refractivity contribution in [2.45, 2.75) is 68.8 Å². The zero-order valence-corrected chi connectivity index (χ0v) is 33.6. The fraction of sp³-hybridized carbons (Fsp3) is 0.267. The molecule has 6 aromatic rings. The fourth-order valence-electron chi connectivity index (χ4n) is 7.62. The molecule has 0 unspecified atom stereocenters. The van der Waals surface area contributed by atoms with Crippen LogP contribution in [0.5, 0.6) is 0 Å². The largest absolute Gasteiger partial charge is 0.481 e. The lowest BCUT2D eigenvalue weighted by Crippen LogP contribution is -2.32. The van der Waals surface area contributed by atoms with Crippen LogP contribution in [0.2, 0.25) is 0 Å². The molecule has 7 rings (SSSR count). The molecule has 4 aromatic carbocycles. The van der Waals surface area contributed by atoms with Crippen molar-refractivity contribution in [1.29, 1.82) is 0 Å². The lowest BCUT2D eigenvalue weighted by atomic mass is 9.89. The molecule has 60 heavy (non-hydrogen) atoms. The predicted octanol–water partition coefficient (Wildman–Crippen LogP) is 7.83. The van der Waals surface area contributed by atoms with E-state index in [2.05, 4.69) is 25.5 Å². The molecule has 2 amide bonds. The summed E-state index contributed by atoms with van der Waals surface area (Å²) in [5, 5.41) is 20.6. The number of fused-ring (bicyclic) bond motifs is 3. The molecule has 0 bridgehead atoms. The molecule has 14 nitrogen and oxygen atoms in total. The van der Waals surface area contributed by atoms with Gasteiger partial charge in [0.15, 0.2) is 5.82 Å². The van der Waals surface area contributed by atoms with Crippen LogP contribution in [-0.4, -0.2) is 68.8 Å². The van der Waals surface area contributed by atoms with E-state index in [1.807, 2.05) is 71.6 Å². The maximum absolute atomic E-state index is 14.3. The zero-order valence-electron chi connectivity index (χ0n) is 32.8. The molecule has 0 saturated heterocycles. The van der Waals surface area contributed by atoms with Crippen LogP contribution >= 0.6 is 0 Å². The summed E-state index contributed by atoms with van der Waals surface area (Å²) < 4.78 is 32.6. The normalized spacial score (nSPS) is 13.7. The number of nitrogens with one attached hydrogen (secondary N) is 2. The number of aliphatic carboxylic acids is 1. The number of unbranched alkanes of at least 4 members (excludes halogenated alkanes) is 3. The lowest BCUT2D eigenvalue weighted by molar-refractivity contribution is -0.137. The van der Waals surface area contributed by atoms with E-state index in [4.69, 9.17) is 4.98 Å². The number of carbonyl (C=O) groups excluding carboxylic acids is 2. The van der Waals surface area contributed by atoms with Gasteiger partial charge < -0.3 is 20.3 Å². The monoisotopic (exact) mass is 827 g/mol. The highest BCUT2D eigenvalue weighted by Gasteiger charge is 2.26.